The van der Waals surface area contributed by atoms with Crippen LogP contribution in [-0.4, -0.2) is 42.2 Å². The Bertz CT molecular complexity index is 424. The van der Waals surface area contributed by atoms with Gasteiger partial charge in [0.15, 0.2) is 0 Å². The van der Waals surface area contributed by atoms with E-state index in [0.717, 1.165) is 12.3 Å². The van der Waals surface area contributed by atoms with E-state index >= 15 is 0 Å². The molecule has 17 heavy (non-hydrogen) atoms. The smallest absolute Gasteiger partial charge is 0.268 e. The Morgan fingerprint density at radius 1 is 1.53 bits per heavy atom. The van der Waals surface area contributed by atoms with Crippen molar-refractivity contribution in [3.05, 3.63) is 28.8 Å². The maximum absolute atomic E-state index is 13.0. The largest absolute Gasteiger partial charge is 0.379 e. The predicted octanol–water partition coefficient (Wildman–Crippen LogP) is 0.851. The van der Waals surface area contributed by atoms with Crippen LogP contribution in [0.4, 0.5) is 4.39 Å². The van der Waals surface area contributed by atoms with Gasteiger partial charge in [-0.3, -0.25) is 10.2 Å². The van der Waals surface area contributed by atoms with Crippen molar-refractivity contribution in [2.45, 2.75) is 0 Å². The Morgan fingerprint density at radius 2 is 2.24 bits per heavy atom. The van der Waals surface area contributed by atoms with E-state index in [-0.39, 0.29) is 10.7 Å². The normalized spacial score (nSPS) is 16.8. The fourth-order valence-electron chi connectivity index (χ4n) is 1.46. The first-order valence-electron chi connectivity index (χ1n) is 5.11. The molecule has 0 bridgehead atoms. The lowest BCUT2D eigenvalue weighted by atomic mass is 10.2. The summed E-state index contributed by atoms with van der Waals surface area (Å²) in [6, 6.07) is 1.06. The van der Waals surface area contributed by atoms with E-state index < -0.39 is 11.7 Å². The fourth-order valence-corrected chi connectivity index (χ4v) is 1.65. The van der Waals surface area contributed by atoms with Gasteiger partial charge in [0.25, 0.3) is 5.91 Å². The van der Waals surface area contributed by atoms with E-state index in [2.05, 4.69) is 10.4 Å². The van der Waals surface area contributed by atoms with Gasteiger partial charge in [-0.1, -0.05) is 11.6 Å². The van der Waals surface area contributed by atoms with Gasteiger partial charge >= 0.3 is 0 Å². The summed E-state index contributed by atoms with van der Waals surface area (Å²) in [5, 5.41) is 1.68. The molecule has 1 amide bonds. The number of rotatable bonds is 2. The van der Waals surface area contributed by atoms with Crippen molar-refractivity contribution in [1.82, 2.24) is 15.4 Å². The molecule has 2 rings (SSSR count). The Hall–Kier alpha value is -1.24. The number of carbonyl (C=O) groups excluding carboxylic acids is 1. The Labute approximate surface area is 102 Å². The number of halogens is 2. The molecule has 7 heteroatoms. The van der Waals surface area contributed by atoms with Gasteiger partial charge in [-0.2, -0.15) is 0 Å². The van der Waals surface area contributed by atoms with Crippen molar-refractivity contribution in [2.75, 3.05) is 26.3 Å². The second-order valence-corrected chi connectivity index (χ2v) is 3.89. The summed E-state index contributed by atoms with van der Waals surface area (Å²) in [5.41, 5.74) is 2.65. The molecule has 0 spiro atoms. The van der Waals surface area contributed by atoms with Gasteiger partial charge in [-0.25, -0.2) is 14.4 Å². The zero-order valence-electron chi connectivity index (χ0n) is 8.95. The predicted molar refractivity (Wildman–Crippen MR) is 59.1 cm³/mol. The monoisotopic (exact) mass is 259 g/mol. The zero-order chi connectivity index (χ0) is 12.3. The molecular formula is C10H11ClFN3O2. The summed E-state index contributed by atoms with van der Waals surface area (Å²) >= 11 is 5.73. The summed E-state index contributed by atoms with van der Waals surface area (Å²) in [7, 11) is 0. The summed E-state index contributed by atoms with van der Waals surface area (Å²) in [6.07, 6.45) is 0.966. The SMILES string of the molecule is O=C(NN1CCOCC1)c1cc(F)cnc1Cl. The van der Waals surface area contributed by atoms with Crippen LogP contribution >= 0.6 is 11.6 Å². The van der Waals surface area contributed by atoms with Crippen molar-refractivity contribution in [3.63, 3.8) is 0 Å². The Kier molecular flexibility index (Phi) is 3.88. The van der Waals surface area contributed by atoms with Crippen molar-refractivity contribution in [1.29, 1.82) is 0 Å². The number of pyridine rings is 1. The van der Waals surface area contributed by atoms with Crippen LogP contribution in [0.3, 0.4) is 0 Å². The molecule has 1 aliphatic rings. The van der Waals surface area contributed by atoms with E-state index in [0.29, 0.717) is 26.3 Å². The van der Waals surface area contributed by atoms with E-state index in [9.17, 15) is 9.18 Å². The van der Waals surface area contributed by atoms with Gasteiger partial charge in [0.1, 0.15) is 11.0 Å². The van der Waals surface area contributed by atoms with Gasteiger partial charge in [-0.15, -0.1) is 0 Å². The number of hydrogen-bond acceptors (Lipinski definition) is 4. The molecule has 1 aromatic heterocycles. The molecule has 5 nitrogen and oxygen atoms in total. The Morgan fingerprint density at radius 3 is 2.94 bits per heavy atom. The minimum absolute atomic E-state index is 0.0165. The first kappa shape index (κ1) is 12.2. The minimum Gasteiger partial charge on any atom is -0.379 e. The molecule has 1 saturated heterocycles. The molecule has 1 fully saturated rings. The van der Waals surface area contributed by atoms with Gasteiger partial charge in [0, 0.05) is 13.1 Å². The molecule has 0 saturated carbocycles. The lowest BCUT2D eigenvalue weighted by molar-refractivity contribution is 0.0126. The van der Waals surface area contributed by atoms with E-state index in [1.807, 2.05) is 0 Å². The molecule has 1 N–H and O–H groups in total. The number of aromatic nitrogens is 1. The number of ether oxygens (including phenoxy) is 1. The highest BCUT2D eigenvalue weighted by Gasteiger charge is 2.17. The number of hydrogen-bond donors (Lipinski definition) is 1. The number of nitrogens with one attached hydrogen (secondary N) is 1. The second kappa shape index (κ2) is 5.39. The van der Waals surface area contributed by atoms with Crippen molar-refractivity contribution >= 4 is 17.5 Å². The Balaban J connectivity index is 2.05. The quantitative estimate of drug-likeness (QED) is 0.800. The highest BCUT2D eigenvalue weighted by atomic mass is 35.5. The lowest BCUT2D eigenvalue weighted by Crippen LogP contribution is -2.48. The summed E-state index contributed by atoms with van der Waals surface area (Å²) < 4.78 is 18.1. The molecule has 92 valence electrons. The van der Waals surface area contributed by atoms with Crippen LogP contribution in [-0.2, 0) is 4.74 Å². The van der Waals surface area contributed by atoms with Crippen molar-refractivity contribution in [3.8, 4) is 0 Å². The van der Waals surface area contributed by atoms with E-state index in [4.69, 9.17) is 16.3 Å². The van der Waals surface area contributed by atoms with Crippen LogP contribution in [0.15, 0.2) is 12.3 Å². The van der Waals surface area contributed by atoms with Gasteiger partial charge in [-0.05, 0) is 6.07 Å². The molecule has 0 atom stereocenters. The zero-order valence-corrected chi connectivity index (χ0v) is 9.71. The summed E-state index contributed by atoms with van der Waals surface area (Å²) in [4.78, 5) is 15.4. The second-order valence-electron chi connectivity index (χ2n) is 3.53. The van der Waals surface area contributed by atoms with Crippen LogP contribution in [0, 0.1) is 5.82 Å². The number of carbonyl (C=O) groups is 1. The first-order chi connectivity index (χ1) is 8.16. The topological polar surface area (TPSA) is 54.5 Å². The maximum atomic E-state index is 13.0. The van der Waals surface area contributed by atoms with Gasteiger partial charge < -0.3 is 4.74 Å². The van der Waals surface area contributed by atoms with Crippen LogP contribution in [0.1, 0.15) is 10.4 Å². The standard InChI is InChI=1S/C10H11ClFN3O2/c11-9-8(5-7(12)6-13-9)10(16)14-15-1-3-17-4-2-15/h5-6H,1-4H2,(H,14,16). The minimum atomic E-state index is -0.596. The molecule has 2 heterocycles. The van der Waals surface area contributed by atoms with Crippen LogP contribution in [0.5, 0.6) is 0 Å². The van der Waals surface area contributed by atoms with E-state index in [1.54, 1.807) is 5.01 Å². The van der Waals surface area contributed by atoms with Crippen molar-refractivity contribution in [2.24, 2.45) is 0 Å². The molecule has 0 radical (unpaired) electrons. The molecular weight excluding hydrogens is 249 g/mol. The third-order valence-corrected chi connectivity index (χ3v) is 2.62. The third kappa shape index (κ3) is 3.12. The van der Waals surface area contributed by atoms with Gasteiger partial charge in [0.2, 0.25) is 0 Å². The molecule has 0 aromatic carbocycles. The summed E-state index contributed by atoms with van der Waals surface area (Å²) in [5.74, 6) is -1.06. The first-order valence-corrected chi connectivity index (χ1v) is 5.49. The van der Waals surface area contributed by atoms with Gasteiger partial charge in [0.05, 0.1) is 25.0 Å². The molecule has 1 aromatic rings. The number of amides is 1. The third-order valence-electron chi connectivity index (χ3n) is 2.32. The number of hydrazine groups is 1. The molecule has 1 aliphatic heterocycles. The number of morpholine rings is 1. The fraction of sp³-hybridized carbons (Fsp3) is 0.400. The maximum Gasteiger partial charge on any atom is 0.268 e. The molecule has 0 aliphatic carbocycles. The van der Waals surface area contributed by atoms with Crippen LogP contribution < -0.4 is 5.43 Å². The van der Waals surface area contributed by atoms with Crippen LogP contribution in [0.2, 0.25) is 5.15 Å². The molecule has 0 unspecified atom stereocenters. The average Bonchev–Trinajstić information content (AvgIpc) is 2.33. The average molecular weight is 260 g/mol. The number of nitrogens with zero attached hydrogens (tertiary/aromatic N) is 2. The highest BCUT2D eigenvalue weighted by Crippen LogP contribution is 2.13. The van der Waals surface area contributed by atoms with E-state index in [1.165, 1.54) is 0 Å². The summed E-state index contributed by atoms with van der Waals surface area (Å²) in [6.45, 7) is 2.28. The lowest BCUT2D eigenvalue weighted by Gasteiger charge is -2.26. The van der Waals surface area contributed by atoms with Crippen molar-refractivity contribution < 1.29 is 13.9 Å². The highest BCUT2D eigenvalue weighted by molar-refractivity contribution is 6.32. The van der Waals surface area contributed by atoms with Crippen LogP contribution in [0.25, 0.3) is 0 Å².